The van der Waals surface area contributed by atoms with Gasteiger partial charge in [-0.3, -0.25) is 4.79 Å². The molecule has 66 valence electrons. The minimum atomic E-state index is 0.180. The fourth-order valence-electron chi connectivity index (χ4n) is 2.29. The van der Waals surface area contributed by atoms with Crippen LogP contribution in [0.2, 0.25) is 0 Å². The largest absolute Gasteiger partial charge is 0.493 e. The number of ketones is 1. The standard InChI is InChI=1S/C10H14O2/c1-10(2)6-4-7(10)9(11)8(5-6)12-3/h5-7H,4H2,1-3H3. The summed E-state index contributed by atoms with van der Waals surface area (Å²) in [6, 6.07) is 0. The van der Waals surface area contributed by atoms with E-state index in [4.69, 9.17) is 4.74 Å². The summed E-state index contributed by atoms with van der Waals surface area (Å²) >= 11 is 0. The van der Waals surface area contributed by atoms with Crippen LogP contribution in [0.3, 0.4) is 0 Å². The van der Waals surface area contributed by atoms with Gasteiger partial charge in [0, 0.05) is 5.92 Å². The van der Waals surface area contributed by atoms with E-state index in [1.807, 2.05) is 6.08 Å². The van der Waals surface area contributed by atoms with E-state index in [0.717, 1.165) is 6.42 Å². The topological polar surface area (TPSA) is 26.3 Å². The highest BCUT2D eigenvalue weighted by atomic mass is 16.5. The molecule has 1 fully saturated rings. The highest BCUT2D eigenvalue weighted by Gasteiger charge is 2.54. The van der Waals surface area contributed by atoms with Gasteiger partial charge in [-0.05, 0) is 23.8 Å². The smallest absolute Gasteiger partial charge is 0.200 e. The molecule has 2 unspecified atom stereocenters. The van der Waals surface area contributed by atoms with Crippen LogP contribution in [0.5, 0.6) is 0 Å². The molecular formula is C10H14O2. The number of hydrogen-bond donors (Lipinski definition) is 0. The molecule has 3 rings (SSSR count). The zero-order chi connectivity index (χ0) is 8.93. The van der Waals surface area contributed by atoms with Gasteiger partial charge in [0.1, 0.15) is 0 Å². The second-order valence-electron chi connectivity index (χ2n) is 4.32. The molecule has 0 aromatic heterocycles. The first kappa shape index (κ1) is 7.84. The number of carbonyl (C=O) groups is 1. The van der Waals surface area contributed by atoms with Crippen LogP contribution in [0.25, 0.3) is 0 Å². The second-order valence-corrected chi connectivity index (χ2v) is 4.32. The number of allylic oxidation sites excluding steroid dienone is 2. The molecule has 0 saturated heterocycles. The van der Waals surface area contributed by atoms with E-state index < -0.39 is 0 Å². The van der Waals surface area contributed by atoms with Crippen molar-refractivity contribution in [3.05, 3.63) is 11.8 Å². The Bertz CT molecular complexity index is 263. The van der Waals surface area contributed by atoms with Crippen molar-refractivity contribution in [2.45, 2.75) is 20.3 Å². The summed E-state index contributed by atoms with van der Waals surface area (Å²) in [5.74, 6) is 1.54. The summed E-state index contributed by atoms with van der Waals surface area (Å²) in [7, 11) is 1.57. The first-order valence-electron chi connectivity index (χ1n) is 4.37. The third kappa shape index (κ3) is 0.728. The quantitative estimate of drug-likeness (QED) is 0.593. The molecule has 0 aromatic rings. The Morgan fingerprint density at radius 2 is 2.25 bits per heavy atom. The highest BCUT2D eigenvalue weighted by Crippen LogP contribution is 2.56. The van der Waals surface area contributed by atoms with Crippen molar-refractivity contribution in [1.29, 1.82) is 0 Å². The number of methoxy groups -OCH3 is 1. The second kappa shape index (κ2) is 2.12. The van der Waals surface area contributed by atoms with Crippen LogP contribution >= 0.6 is 0 Å². The van der Waals surface area contributed by atoms with Gasteiger partial charge in [0.25, 0.3) is 0 Å². The molecule has 0 aromatic carbocycles. The number of rotatable bonds is 1. The summed E-state index contributed by atoms with van der Waals surface area (Å²) in [6.07, 6.45) is 3.01. The molecule has 12 heavy (non-hydrogen) atoms. The van der Waals surface area contributed by atoms with E-state index in [-0.39, 0.29) is 17.1 Å². The predicted octanol–water partition coefficient (Wildman–Crippen LogP) is 1.76. The van der Waals surface area contributed by atoms with E-state index in [2.05, 4.69) is 13.8 Å². The first-order valence-corrected chi connectivity index (χ1v) is 4.37. The Kier molecular flexibility index (Phi) is 1.39. The summed E-state index contributed by atoms with van der Waals surface area (Å²) < 4.78 is 5.01. The molecule has 2 heteroatoms. The minimum absolute atomic E-state index is 0.180. The zero-order valence-corrected chi connectivity index (χ0v) is 7.76. The monoisotopic (exact) mass is 166 g/mol. The molecule has 3 aliphatic carbocycles. The zero-order valence-electron chi connectivity index (χ0n) is 7.76. The molecule has 0 aliphatic heterocycles. The number of ether oxygens (including phenoxy) is 1. The minimum Gasteiger partial charge on any atom is -0.493 e. The lowest BCUT2D eigenvalue weighted by Gasteiger charge is -2.53. The van der Waals surface area contributed by atoms with E-state index in [9.17, 15) is 4.79 Å². The molecule has 0 N–H and O–H groups in total. The Morgan fingerprint density at radius 1 is 1.58 bits per heavy atom. The van der Waals surface area contributed by atoms with E-state index in [0.29, 0.717) is 11.7 Å². The Hall–Kier alpha value is -0.790. The molecule has 2 nitrogen and oxygen atoms in total. The van der Waals surface area contributed by atoms with Crippen molar-refractivity contribution >= 4 is 5.78 Å². The number of Topliss-reactive ketones (excluding diaryl/α,β-unsaturated/α-hetero) is 1. The maximum atomic E-state index is 11.6. The van der Waals surface area contributed by atoms with E-state index in [1.165, 1.54) is 0 Å². The van der Waals surface area contributed by atoms with Gasteiger partial charge >= 0.3 is 0 Å². The third-order valence-corrected chi connectivity index (χ3v) is 3.48. The van der Waals surface area contributed by atoms with Gasteiger partial charge in [-0.2, -0.15) is 0 Å². The molecule has 1 saturated carbocycles. The number of fused-ring (bicyclic) bond motifs is 1. The van der Waals surface area contributed by atoms with Crippen LogP contribution in [-0.4, -0.2) is 12.9 Å². The fraction of sp³-hybridized carbons (Fsp3) is 0.700. The lowest BCUT2D eigenvalue weighted by molar-refractivity contribution is -0.138. The Morgan fingerprint density at radius 3 is 2.67 bits per heavy atom. The molecule has 0 amide bonds. The lowest BCUT2D eigenvalue weighted by Crippen LogP contribution is -2.52. The van der Waals surface area contributed by atoms with E-state index >= 15 is 0 Å². The molecule has 0 radical (unpaired) electrons. The predicted molar refractivity (Wildman–Crippen MR) is 45.5 cm³/mol. The average molecular weight is 166 g/mol. The van der Waals surface area contributed by atoms with Gasteiger partial charge < -0.3 is 4.74 Å². The maximum Gasteiger partial charge on any atom is 0.200 e. The van der Waals surface area contributed by atoms with E-state index in [1.54, 1.807) is 7.11 Å². The van der Waals surface area contributed by atoms with Crippen LogP contribution < -0.4 is 0 Å². The highest BCUT2D eigenvalue weighted by molar-refractivity contribution is 5.98. The van der Waals surface area contributed by atoms with Crippen LogP contribution in [-0.2, 0) is 9.53 Å². The van der Waals surface area contributed by atoms with Gasteiger partial charge in [0.15, 0.2) is 5.76 Å². The normalized spacial score (nSPS) is 36.9. The van der Waals surface area contributed by atoms with Crippen LogP contribution in [0.4, 0.5) is 0 Å². The summed E-state index contributed by atoms with van der Waals surface area (Å²) in [6.45, 7) is 4.32. The lowest BCUT2D eigenvalue weighted by atomic mass is 9.50. The third-order valence-electron chi connectivity index (χ3n) is 3.48. The van der Waals surface area contributed by atoms with Crippen LogP contribution in [0.15, 0.2) is 11.8 Å². The average Bonchev–Trinajstić information content (AvgIpc) is 2.03. The SMILES string of the molecule is COC1=CC2CC(C1=O)C2(C)C. The summed E-state index contributed by atoms with van der Waals surface area (Å²) in [4.78, 5) is 11.6. The fourth-order valence-corrected chi connectivity index (χ4v) is 2.29. The number of hydrogen-bond acceptors (Lipinski definition) is 2. The van der Waals surface area contributed by atoms with Gasteiger partial charge in [-0.1, -0.05) is 13.8 Å². The maximum absolute atomic E-state index is 11.6. The molecule has 2 atom stereocenters. The molecule has 0 heterocycles. The summed E-state index contributed by atoms with van der Waals surface area (Å²) in [5.41, 5.74) is 0.180. The number of carbonyl (C=O) groups excluding carboxylic acids is 1. The summed E-state index contributed by atoms with van der Waals surface area (Å²) in [5, 5.41) is 0. The van der Waals surface area contributed by atoms with Crippen molar-refractivity contribution in [3.8, 4) is 0 Å². The first-order chi connectivity index (χ1) is 5.57. The van der Waals surface area contributed by atoms with Crippen LogP contribution in [0.1, 0.15) is 20.3 Å². The van der Waals surface area contributed by atoms with Gasteiger partial charge in [0.2, 0.25) is 5.78 Å². The van der Waals surface area contributed by atoms with Crippen molar-refractivity contribution in [2.24, 2.45) is 17.3 Å². The van der Waals surface area contributed by atoms with Gasteiger partial charge in [-0.15, -0.1) is 0 Å². The molecule has 3 aliphatic rings. The Labute approximate surface area is 72.6 Å². The van der Waals surface area contributed by atoms with Crippen molar-refractivity contribution in [1.82, 2.24) is 0 Å². The van der Waals surface area contributed by atoms with Crippen LogP contribution in [0, 0.1) is 17.3 Å². The van der Waals surface area contributed by atoms with Gasteiger partial charge in [-0.25, -0.2) is 0 Å². The molecular weight excluding hydrogens is 152 g/mol. The van der Waals surface area contributed by atoms with Crippen molar-refractivity contribution in [2.75, 3.05) is 7.11 Å². The molecule has 2 bridgehead atoms. The Balaban J connectivity index is 2.34. The van der Waals surface area contributed by atoms with Crippen molar-refractivity contribution in [3.63, 3.8) is 0 Å². The van der Waals surface area contributed by atoms with Gasteiger partial charge in [0.05, 0.1) is 7.11 Å². The molecule has 0 spiro atoms. The van der Waals surface area contributed by atoms with Crippen molar-refractivity contribution < 1.29 is 9.53 Å².